The smallest absolute Gasteiger partial charge is 0.117 e. The van der Waals surface area contributed by atoms with Crippen LogP contribution in [-0.4, -0.2) is 42.5 Å². The van der Waals surface area contributed by atoms with Crippen LogP contribution in [0.2, 0.25) is 0 Å². The van der Waals surface area contributed by atoms with Crippen molar-refractivity contribution < 1.29 is 4.42 Å². The number of rotatable bonds is 4. The molecule has 0 amide bonds. The monoisotopic (exact) mass is 272 g/mol. The van der Waals surface area contributed by atoms with Gasteiger partial charge < -0.3 is 9.32 Å². The zero-order chi connectivity index (χ0) is 13.4. The zero-order valence-corrected chi connectivity index (χ0v) is 12.1. The Balaban J connectivity index is 1.24. The third-order valence-corrected chi connectivity index (χ3v) is 5.33. The number of allylic oxidation sites excluding steroid dienone is 2. The minimum absolute atomic E-state index is 0.890. The van der Waals surface area contributed by atoms with Gasteiger partial charge in [-0.3, -0.25) is 4.90 Å². The highest BCUT2D eigenvalue weighted by molar-refractivity contribution is 5.10. The van der Waals surface area contributed by atoms with Gasteiger partial charge in [0.1, 0.15) is 5.76 Å². The average Bonchev–Trinajstić information content (AvgIpc) is 3.18. The standard InChI is InChI=1S/C17H24N2O/c1-2-17(20-9-1)13-19-7-5-18(6-8-19)12-16-11-14-3-4-15(16)10-14/h1-4,9,14-16H,5-8,10-13H2/t14-,15-,16-/m1/s1. The number of furan rings is 1. The molecule has 108 valence electrons. The van der Waals surface area contributed by atoms with Crippen molar-refractivity contribution >= 4 is 0 Å². The van der Waals surface area contributed by atoms with Crippen LogP contribution in [0.25, 0.3) is 0 Å². The van der Waals surface area contributed by atoms with Gasteiger partial charge in [-0.2, -0.15) is 0 Å². The summed E-state index contributed by atoms with van der Waals surface area (Å²) in [7, 11) is 0. The SMILES string of the molecule is C1=C[C@@H]2C[C@@H]1C[C@@H]2CN1CCN(Cc2ccco2)CC1. The van der Waals surface area contributed by atoms with E-state index in [1.165, 1.54) is 45.6 Å². The van der Waals surface area contributed by atoms with Crippen LogP contribution in [0.15, 0.2) is 35.0 Å². The van der Waals surface area contributed by atoms with Gasteiger partial charge in [0.15, 0.2) is 0 Å². The molecule has 1 aromatic rings. The molecular formula is C17H24N2O. The lowest BCUT2D eigenvalue weighted by molar-refractivity contribution is 0.103. The summed E-state index contributed by atoms with van der Waals surface area (Å²) in [5, 5.41) is 0. The molecule has 1 aromatic heterocycles. The lowest BCUT2D eigenvalue weighted by Crippen LogP contribution is -2.47. The molecule has 2 fully saturated rings. The Bertz CT molecular complexity index is 459. The van der Waals surface area contributed by atoms with Gasteiger partial charge in [-0.05, 0) is 42.7 Å². The molecule has 2 bridgehead atoms. The maximum atomic E-state index is 5.44. The van der Waals surface area contributed by atoms with E-state index >= 15 is 0 Å². The van der Waals surface area contributed by atoms with Crippen LogP contribution in [-0.2, 0) is 6.54 Å². The fourth-order valence-corrected chi connectivity index (χ4v) is 4.19. The molecule has 1 saturated heterocycles. The third kappa shape index (κ3) is 2.57. The van der Waals surface area contributed by atoms with Gasteiger partial charge in [0, 0.05) is 32.7 Å². The Hall–Kier alpha value is -1.06. The van der Waals surface area contributed by atoms with Crippen LogP contribution in [0.1, 0.15) is 18.6 Å². The van der Waals surface area contributed by atoms with Gasteiger partial charge in [0.25, 0.3) is 0 Å². The summed E-state index contributed by atoms with van der Waals surface area (Å²) < 4.78 is 5.44. The average molecular weight is 272 g/mol. The van der Waals surface area contributed by atoms with Gasteiger partial charge in [0.05, 0.1) is 12.8 Å². The molecule has 2 heterocycles. The quantitative estimate of drug-likeness (QED) is 0.786. The van der Waals surface area contributed by atoms with Crippen molar-refractivity contribution in [1.82, 2.24) is 9.80 Å². The van der Waals surface area contributed by atoms with Crippen molar-refractivity contribution in [1.29, 1.82) is 0 Å². The molecule has 3 nitrogen and oxygen atoms in total. The fraction of sp³-hybridized carbons (Fsp3) is 0.647. The topological polar surface area (TPSA) is 19.6 Å². The predicted octanol–water partition coefficient (Wildman–Crippen LogP) is 2.61. The summed E-state index contributed by atoms with van der Waals surface area (Å²) in [6.45, 7) is 7.09. The summed E-state index contributed by atoms with van der Waals surface area (Å²) >= 11 is 0. The molecule has 0 radical (unpaired) electrons. The highest BCUT2D eigenvalue weighted by atomic mass is 16.3. The van der Waals surface area contributed by atoms with E-state index in [2.05, 4.69) is 28.0 Å². The molecule has 0 unspecified atom stereocenters. The maximum absolute atomic E-state index is 5.44. The zero-order valence-electron chi connectivity index (χ0n) is 12.1. The van der Waals surface area contributed by atoms with E-state index < -0.39 is 0 Å². The summed E-state index contributed by atoms with van der Waals surface area (Å²) in [5.74, 6) is 3.82. The Morgan fingerprint density at radius 1 is 1.05 bits per heavy atom. The molecule has 3 heteroatoms. The van der Waals surface area contributed by atoms with E-state index in [1.54, 1.807) is 6.26 Å². The van der Waals surface area contributed by atoms with E-state index in [0.717, 1.165) is 30.1 Å². The van der Waals surface area contributed by atoms with Gasteiger partial charge >= 0.3 is 0 Å². The van der Waals surface area contributed by atoms with Crippen molar-refractivity contribution in [3.8, 4) is 0 Å². The summed E-state index contributed by atoms with van der Waals surface area (Å²) in [5.41, 5.74) is 0. The maximum Gasteiger partial charge on any atom is 0.117 e. The number of fused-ring (bicyclic) bond motifs is 2. The Kier molecular flexibility index (Phi) is 3.41. The minimum Gasteiger partial charge on any atom is -0.468 e. The van der Waals surface area contributed by atoms with Crippen molar-refractivity contribution in [3.63, 3.8) is 0 Å². The van der Waals surface area contributed by atoms with E-state index in [4.69, 9.17) is 4.42 Å². The van der Waals surface area contributed by atoms with Gasteiger partial charge in [-0.25, -0.2) is 0 Å². The van der Waals surface area contributed by atoms with Crippen LogP contribution >= 0.6 is 0 Å². The minimum atomic E-state index is 0.890. The van der Waals surface area contributed by atoms with Crippen LogP contribution in [0, 0.1) is 17.8 Å². The second-order valence-electron chi connectivity index (χ2n) is 6.70. The first-order valence-corrected chi connectivity index (χ1v) is 8.02. The Labute approximate surface area is 121 Å². The van der Waals surface area contributed by atoms with Gasteiger partial charge in [-0.1, -0.05) is 12.2 Å². The lowest BCUT2D eigenvalue weighted by Gasteiger charge is -2.36. The molecule has 0 N–H and O–H groups in total. The molecule has 0 spiro atoms. The van der Waals surface area contributed by atoms with Crippen molar-refractivity contribution in [2.75, 3.05) is 32.7 Å². The molecule has 4 rings (SSSR count). The van der Waals surface area contributed by atoms with E-state index in [9.17, 15) is 0 Å². The van der Waals surface area contributed by atoms with Gasteiger partial charge in [-0.15, -0.1) is 0 Å². The second kappa shape index (κ2) is 5.38. The fourth-order valence-electron chi connectivity index (χ4n) is 4.19. The molecule has 2 aliphatic carbocycles. The lowest BCUT2D eigenvalue weighted by atomic mass is 9.93. The number of hydrogen-bond acceptors (Lipinski definition) is 3. The van der Waals surface area contributed by atoms with Crippen LogP contribution in [0.5, 0.6) is 0 Å². The molecule has 3 atom stereocenters. The van der Waals surface area contributed by atoms with Crippen LogP contribution in [0.3, 0.4) is 0 Å². The van der Waals surface area contributed by atoms with Crippen molar-refractivity contribution in [2.45, 2.75) is 19.4 Å². The first kappa shape index (κ1) is 12.7. The number of piperazine rings is 1. The Morgan fingerprint density at radius 2 is 1.90 bits per heavy atom. The van der Waals surface area contributed by atoms with E-state index in [1.807, 2.05) is 6.07 Å². The van der Waals surface area contributed by atoms with Gasteiger partial charge in [0.2, 0.25) is 0 Å². The summed E-state index contributed by atoms with van der Waals surface area (Å²) in [6.07, 6.45) is 9.57. The highest BCUT2D eigenvalue weighted by Crippen LogP contribution is 2.43. The van der Waals surface area contributed by atoms with Crippen LogP contribution < -0.4 is 0 Å². The third-order valence-electron chi connectivity index (χ3n) is 5.33. The summed E-state index contributed by atoms with van der Waals surface area (Å²) in [6, 6.07) is 4.06. The first-order chi connectivity index (χ1) is 9.87. The van der Waals surface area contributed by atoms with Crippen molar-refractivity contribution in [3.05, 3.63) is 36.3 Å². The van der Waals surface area contributed by atoms with E-state index in [0.29, 0.717) is 0 Å². The molecular weight excluding hydrogens is 248 g/mol. The molecule has 3 aliphatic rings. The number of hydrogen-bond donors (Lipinski definition) is 0. The van der Waals surface area contributed by atoms with Crippen LogP contribution in [0.4, 0.5) is 0 Å². The molecule has 1 aliphatic heterocycles. The highest BCUT2D eigenvalue weighted by Gasteiger charge is 2.36. The predicted molar refractivity (Wildman–Crippen MR) is 79.3 cm³/mol. The summed E-state index contributed by atoms with van der Waals surface area (Å²) in [4.78, 5) is 5.19. The molecule has 1 saturated carbocycles. The van der Waals surface area contributed by atoms with Crippen molar-refractivity contribution in [2.24, 2.45) is 17.8 Å². The molecule has 20 heavy (non-hydrogen) atoms. The van der Waals surface area contributed by atoms with E-state index in [-0.39, 0.29) is 0 Å². The second-order valence-corrected chi connectivity index (χ2v) is 6.70. The Morgan fingerprint density at radius 3 is 2.55 bits per heavy atom. The number of nitrogens with zero attached hydrogens (tertiary/aromatic N) is 2. The largest absolute Gasteiger partial charge is 0.468 e. The normalized spacial score (nSPS) is 34.1. The first-order valence-electron chi connectivity index (χ1n) is 8.02. The molecule has 0 aromatic carbocycles.